The minimum atomic E-state index is -3.05. The number of hydrogen-bond acceptors (Lipinski definition) is 4. The van der Waals surface area contributed by atoms with Crippen LogP contribution >= 0.6 is 0 Å². The number of hydrogen-bond donors (Lipinski definition) is 0. The molecule has 0 aliphatic carbocycles. The quantitative estimate of drug-likeness (QED) is 0.833. The third-order valence-corrected chi connectivity index (χ3v) is 5.32. The van der Waals surface area contributed by atoms with E-state index in [-0.39, 0.29) is 5.75 Å². The van der Waals surface area contributed by atoms with E-state index in [1.54, 1.807) is 18.3 Å². The molecule has 5 nitrogen and oxygen atoms in total. The Morgan fingerprint density at radius 2 is 1.68 bits per heavy atom. The zero-order chi connectivity index (χ0) is 13.9. The molecule has 1 fully saturated rings. The van der Waals surface area contributed by atoms with Crippen molar-refractivity contribution >= 4 is 15.7 Å². The Balaban J connectivity index is 1.99. The molecule has 0 atom stereocenters. The topological polar surface area (TPSA) is 49.9 Å². The summed E-state index contributed by atoms with van der Waals surface area (Å²) in [6.45, 7) is 4.26. The molecule has 0 saturated carbocycles. The van der Waals surface area contributed by atoms with E-state index in [9.17, 15) is 8.42 Å². The maximum absolute atomic E-state index is 11.8. The fraction of sp³-hybridized carbons (Fsp3) is 0.538. The van der Waals surface area contributed by atoms with Gasteiger partial charge in [0.1, 0.15) is 5.75 Å². The average molecular weight is 284 g/mol. The molecule has 0 amide bonds. The lowest BCUT2D eigenvalue weighted by molar-refractivity contribution is 0.385. The minimum Gasteiger partial charge on any atom is -0.497 e. The second kappa shape index (κ2) is 5.79. The second-order valence-electron chi connectivity index (χ2n) is 4.48. The van der Waals surface area contributed by atoms with E-state index in [4.69, 9.17) is 4.74 Å². The molecule has 0 bridgehead atoms. The van der Waals surface area contributed by atoms with Crippen molar-refractivity contribution in [2.75, 3.05) is 43.9 Å². The van der Waals surface area contributed by atoms with Gasteiger partial charge in [-0.3, -0.25) is 0 Å². The van der Waals surface area contributed by atoms with Gasteiger partial charge in [0.2, 0.25) is 10.0 Å². The lowest BCUT2D eigenvalue weighted by atomic mass is 10.2. The molecule has 2 rings (SSSR count). The number of ether oxygens (including phenoxy) is 1. The molecule has 1 aliphatic heterocycles. The zero-order valence-electron chi connectivity index (χ0n) is 11.4. The van der Waals surface area contributed by atoms with Crippen LogP contribution in [0.5, 0.6) is 5.75 Å². The van der Waals surface area contributed by atoms with Crippen LogP contribution in [0.4, 0.5) is 5.69 Å². The van der Waals surface area contributed by atoms with E-state index in [2.05, 4.69) is 4.90 Å². The highest BCUT2D eigenvalue weighted by Gasteiger charge is 2.25. The molecule has 1 heterocycles. The molecule has 106 valence electrons. The number of rotatable bonds is 4. The summed E-state index contributed by atoms with van der Waals surface area (Å²) in [5, 5.41) is 0. The van der Waals surface area contributed by atoms with Gasteiger partial charge in [0.25, 0.3) is 0 Å². The summed E-state index contributed by atoms with van der Waals surface area (Å²) in [4.78, 5) is 2.20. The lowest BCUT2D eigenvalue weighted by Crippen LogP contribution is -2.49. The van der Waals surface area contributed by atoms with E-state index in [1.807, 2.05) is 24.3 Å². The average Bonchev–Trinajstić information content (AvgIpc) is 2.47. The van der Waals surface area contributed by atoms with Crippen LogP contribution in [0.3, 0.4) is 0 Å². The fourth-order valence-corrected chi connectivity index (χ4v) is 3.28. The summed E-state index contributed by atoms with van der Waals surface area (Å²) in [7, 11) is -1.41. The van der Waals surface area contributed by atoms with Crippen molar-refractivity contribution in [2.24, 2.45) is 0 Å². The molecule has 0 N–H and O–H groups in total. The number of anilines is 1. The fourth-order valence-electron chi connectivity index (χ4n) is 2.20. The van der Waals surface area contributed by atoms with Gasteiger partial charge in [0.15, 0.2) is 0 Å². The molecule has 1 aliphatic rings. The first-order valence-electron chi connectivity index (χ1n) is 6.43. The standard InChI is InChI=1S/C13H20N2O3S/c1-3-19(16,17)15-10-8-14(9-11-15)12-4-6-13(18-2)7-5-12/h4-7H,3,8-11H2,1-2H3. The predicted molar refractivity (Wildman–Crippen MR) is 76.2 cm³/mol. The normalized spacial score (nSPS) is 17.5. The number of benzene rings is 1. The van der Waals surface area contributed by atoms with E-state index in [1.165, 1.54) is 0 Å². The van der Waals surface area contributed by atoms with E-state index in [0.717, 1.165) is 24.5 Å². The van der Waals surface area contributed by atoms with Crippen LogP contribution in [0.25, 0.3) is 0 Å². The lowest BCUT2D eigenvalue weighted by Gasteiger charge is -2.35. The highest BCUT2D eigenvalue weighted by atomic mass is 32.2. The van der Waals surface area contributed by atoms with Crippen molar-refractivity contribution in [3.63, 3.8) is 0 Å². The largest absolute Gasteiger partial charge is 0.497 e. The third kappa shape index (κ3) is 3.19. The van der Waals surface area contributed by atoms with Gasteiger partial charge in [-0.1, -0.05) is 0 Å². The molecule has 0 aromatic heterocycles. The van der Waals surface area contributed by atoms with Crippen LogP contribution < -0.4 is 9.64 Å². The molecule has 1 aromatic rings. The Kier molecular flexibility index (Phi) is 4.31. The van der Waals surface area contributed by atoms with Gasteiger partial charge < -0.3 is 9.64 Å². The number of sulfonamides is 1. The van der Waals surface area contributed by atoms with Crippen LogP contribution in [-0.2, 0) is 10.0 Å². The summed E-state index contributed by atoms with van der Waals surface area (Å²) >= 11 is 0. The third-order valence-electron chi connectivity index (χ3n) is 3.43. The number of methoxy groups -OCH3 is 1. The van der Waals surface area contributed by atoms with Crippen LogP contribution in [0.1, 0.15) is 6.92 Å². The van der Waals surface area contributed by atoms with Crippen LogP contribution in [0, 0.1) is 0 Å². The van der Waals surface area contributed by atoms with Crippen LogP contribution in [0.2, 0.25) is 0 Å². The molecule has 0 radical (unpaired) electrons. The Labute approximate surface area is 114 Å². The minimum absolute atomic E-state index is 0.176. The summed E-state index contributed by atoms with van der Waals surface area (Å²) in [6.07, 6.45) is 0. The van der Waals surface area contributed by atoms with E-state index >= 15 is 0 Å². The molecule has 1 saturated heterocycles. The van der Waals surface area contributed by atoms with Gasteiger partial charge in [-0.25, -0.2) is 8.42 Å². The maximum Gasteiger partial charge on any atom is 0.213 e. The molecular weight excluding hydrogens is 264 g/mol. The highest BCUT2D eigenvalue weighted by Crippen LogP contribution is 2.21. The van der Waals surface area contributed by atoms with Gasteiger partial charge >= 0.3 is 0 Å². The van der Waals surface area contributed by atoms with Crippen LogP contribution in [0.15, 0.2) is 24.3 Å². The van der Waals surface area contributed by atoms with Gasteiger partial charge in [-0.15, -0.1) is 0 Å². The summed E-state index contributed by atoms with van der Waals surface area (Å²) in [5.41, 5.74) is 1.11. The van der Waals surface area contributed by atoms with Crippen molar-refractivity contribution in [3.05, 3.63) is 24.3 Å². The maximum atomic E-state index is 11.8. The smallest absolute Gasteiger partial charge is 0.213 e. The zero-order valence-corrected chi connectivity index (χ0v) is 12.2. The molecule has 0 unspecified atom stereocenters. The van der Waals surface area contributed by atoms with E-state index < -0.39 is 10.0 Å². The molecule has 19 heavy (non-hydrogen) atoms. The van der Waals surface area contributed by atoms with Crippen molar-refractivity contribution in [2.45, 2.75) is 6.92 Å². The van der Waals surface area contributed by atoms with E-state index in [0.29, 0.717) is 13.1 Å². The summed E-state index contributed by atoms with van der Waals surface area (Å²) < 4.78 is 30.2. The second-order valence-corrected chi connectivity index (χ2v) is 6.74. The first-order chi connectivity index (χ1) is 9.06. The predicted octanol–water partition coefficient (Wildman–Crippen LogP) is 1.17. The Bertz CT molecular complexity index is 505. The van der Waals surface area contributed by atoms with Gasteiger partial charge in [-0.05, 0) is 31.2 Å². The first-order valence-corrected chi connectivity index (χ1v) is 8.04. The molecule has 0 spiro atoms. The first kappa shape index (κ1) is 14.1. The Morgan fingerprint density at radius 1 is 1.11 bits per heavy atom. The summed E-state index contributed by atoms with van der Waals surface area (Å²) in [5.74, 6) is 1.01. The van der Waals surface area contributed by atoms with Gasteiger partial charge in [0, 0.05) is 31.9 Å². The van der Waals surface area contributed by atoms with Gasteiger partial charge in [0.05, 0.1) is 12.9 Å². The highest BCUT2D eigenvalue weighted by molar-refractivity contribution is 7.89. The van der Waals surface area contributed by atoms with Crippen molar-refractivity contribution in [1.82, 2.24) is 4.31 Å². The molecule has 1 aromatic carbocycles. The Morgan fingerprint density at radius 3 is 2.16 bits per heavy atom. The van der Waals surface area contributed by atoms with Crippen molar-refractivity contribution < 1.29 is 13.2 Å². The summed E-state index contributed by atoms with van der Waals surface area (Å²) in [6, 6.07) is 7.85. The number of nitrogens with zero attached hydrogens (tertiary/aromatic N) is 2. The number of piperazine rings is 1. The van der Waals surface area contributed by atoms with Crippen LogP contribution in [-0.4, -0.2) is 51.8 Å². The molecular formula is C13H20N2O3S. The van der Waals surface area contributed by atoms with Gasteiger partial charge in [-0.2, -0.15) is 4.31 Å². The van der Waals surface area contributed by atoms with Crippen molar-refractivity contribution in [3.8, 4) is 5.75 Å². The SMILES string of the molecule is CCS(=O)(=O)N1CCN(c2ccc(OC)cc2)CC1. The Hall–Kier alpha value is -1.27. The van der Waals surface area contributed by atoms with Crippen molar-refractivity contribution in [1.29, 1.82) is 0 Å². The monoisotopic (exact) mass is 284 g/mol. The molecule has 6 heteroatoms.